The molecule has 3 fully saturated rings. The minimum atomic E-state index is -0.831. The van der Waals surface area contributed by atoms with Crippen molar-refractivity contribution in [1.29, 1.82) is 0 Å². The first-order chi connectivity index (χ1) is 15.5. The van der Waals surface area contributed by atoms with Gasteiger partial charge in [0.15, 0.2) is 33.8 Å². The van der Waals surface area contributed by atoms with Gasteiger partial charge in [-0.3, -0.25) is 0 Å². The second-order valence-electron chi connectivity index (χ2n) is 9.20. The van der Waals surface area contributed by atoms with Crippen LogP contribution in [0.3, 0.4) is 0 Å². The Morgan fingerprint density at radius 2 is 1.97 bits per heavy atom. The van der Waals surface area contributed by atoms with Gasteiger partial charge in [-0.2, -0.15) is 0 Å². The Morgan fingerprint density at radius 1 is 1.09 bits per heavy atom. The summed E-state index contributed by atoms with van der Waals surface area (Å²) in [6.45, 7) is 0. The molecular formula is C22H24F2N6OS. The Bertz CT molecular complexity index is 1170. The molecule has 0 unspecified atom stereocenters. The third-order valence-corrected chi connectivity index (χ3v) is 7.73. The second-order valence-corrected chi connectivity index (χ2v) is 10.2. The Balaban J connectivity index is 1.29. The molecule has 0 amide bonds. The lowest BCUT2D eigenvalue weighted by molar-refractivity contribution is 0.177. The zero-order chi connectivity index (χ0) is 21.8. The number of hydrogen-bond donors (Lipinski definition) is 2. The number of hydrogen-bond acceptors (Lipinski definition) is 7. The molecule has 0 aliphatic heterocycles. The van der Waals surface area contributed by atoms with E-state index in [-0.39, 0.29) is 24.1 Å². The quantitative estimate of drug-likeness (QED) is 0.408. The van der Waals surface area contributed by atoms with Crippen LogP contribution in [0.5, 0.6) is 0 Å². The van der Waals surface area contributed by atoms with Crippen LogP contribution in [0.4, 0.5) is 14.6 Å². The van der Waals surface area contributed by atoms with Crippen molar-refractivity contribution < 1.29 is 13.9 Å². The van der Waals surface area contributed by atoms with Crippen molar-refractivity contribution in [3.05, 3.63) is 35.4 Å². The van der Waals surface area contributed by atoms with E-state index in [1.54, 1.807) is 17.8 Å². The molecule has 3 aromatic rings. The topological polar surface area (TPSA) is 88.8 Å². The predicted octanol–water partition coefficient (Wildman–Crippen LogP) is 4.06. The van der Waals surface area contributed by atoms with Crippen LogP contribution in [-0.4, -0.2) is 48.0 Å². The van der Waals surface area contributed by atoms with Crippen molar-refractivity contribution in [3.8, 4) is 0 Å². The number of aromatic nitrogens is 5. The van der Waals surface area contributed by atoms with Crippen LogP contribution in [-0.2, 0) is 0 Å². The first-order valence-corrected chi connectivity index (χ1v) is 12.2. The number of fused-ring (bicyclic) bond motifs is 1. The molecule has 2 aromatic heterocycles. The van der Waals surface area contributed by atoms with E-state index in [2.05, 4.69) is 15.6 Å². The summed E-state index contributed by atoms with van der Waals surface area (Å²) in [6, 6.07) is 4.24. The van der Waals surface area contributed by atoms with Gasteiger partial charge in [0, 0.05) is 17.7 Å². The lowest BCUT2D eigenvalue weighted by atomic mass is 10.1. The summed E-state index contributed by atoms with van der Waals surface area (Å²) in [6.07, 6.45) is 5.27. The van der Waals surface area contributed by atoms with Gasteiger partial charge in [-0.1, -0.05) is 23.0 Å². The fraction of sp³-hybridized carbons (Fsp3) is 0.545. The van der Waals surface area contributed by atoms with E-state index in [1.165, 1.54) is 25.0 Å². The molecule has 0 saturated heterocycles. The smallest absolute Gasteiger partial charge is 0.191 e. The molecule has 0 spiro atoms. The molecule has 3 aliphatic rings. The van der Waals surface area contributed by atoms with Crippen molar-refractivity contribution >= 4 is 28.7 Å². The molecule has 2 N–H and O–H groups in total. The summed E-state index contributed by atoms with van der Waals surface area (Å²) in [5.74, 6) is 0.812. The molecule has 168 valence electrons. The number of rotatable bonds is 7. The van der Waals surface area contributed by atoms with Crippen LogP contribution in [0, 0.1) is 17.6 Å². The normalized spacial score (nSPS) is 27.2. The third-order valence-electron chi connectivity index (χ3n) is 6.66. The summed E-state index contributed by atoms with van der Waals surface area (Å²) >= 11 is 1.65. The van der Waals surface area contributed by atoms with Crippen molar-refractivity contribution in [2.45, 2.75) is 67.8 Å². The Labute approximate surface area is 188 Å². The summed E-state index contributed by atoms with van der Waals surface area (Å²) in [7, 11) is 0. The Hall–Kier alpha value is -2.33. The molecule has 0 radical (unpaired) electrons. The maximum atomic E-state index is 13.7. The van der Waals surface area contributed by atoms with Gasteiger partial charge >= 0.3 is 0 Å². The minimum Gasteiger partial charge on any atom is -0.393 e. The Kier molecular flexibility index (Phi) is 5.02. The molecule has 0 bridgehead atoms. The lowest BCUT2D eigenvalue weighted by Crippen LogP contribution is -2.11. The number of halogens is 2. The maximum absolute atomic E-state index is 13.7. The fourth-order valence-electron chi connectivity index (χ4n) is 4.50. The maximum Gasteiger partial charge on any atom is 0.191 e. The van der Waals surface area contributed by atoms with Crippen LogP contribution in [0.15, 0.2) is 23.4 Å². The highest BCUT2D eigenvalue weighted by molar-refractivity contribution is 7.99. The number of benzene rings is 1. The lowest BCUT2D eigenvalue weighted by Gasteiger charge is -2.12. The van der Waals surface area contributed by atoms with Gasteiger partial charge in [0.2, 0.25) is 0 Å². The average Bonchev–Trinajstić information content (AvgIpc) is 3.67. The molecule has 6 rings (SSSR count). The first kappa shape index (κ1) is 20.3. The Morgan fingerprint density at radius 3 is 2.72 bits per heavy atom. The van der Waals surface area contributed by atoms with E-state index in [0.717, 1.165) is 36.5 Å². The zero-order valence-electron chi connectivity index (χ0n) is 17.4. The van der Waals surface area contributed by atoms with Crippen LogP contribution >= 0.6 is 11.8 Å². The largest absolute Gasteiger partial charge is 0.393 e. The number of aliphatic hydroxyl groups excluding tert-OH is 1. The van der Waals surface area contributed by atoms with Gasteiger partial charge in [-0.15, -0.1) is 5.10 Å². The van der Waals surface area contributed by atoms with Crippen LogP contribution in [0.1, 0.15) is 56.0 Å². The SMILES string of the molecule is O[C@@H]1CC[C@H](n2nnc3c(N[C@@H]4C[C@H]4c4ccc(F)c(F)c4)nc(SCC4CC4)nc32)C1. The molecule has 2 heterocycles. The van der Waals surface area contributed by atoms with Crippen LogP contribution < -0.4 is 5.32 Å². The number of aliphatic hydroxyl groups is 1. The fourth-order valence-corrected chi connectivity index (χ4v) is 5.52. The van der Waals surface area contributed by atoms with Gasteiger partial charge in [0.05, 0.1) is 12.1 Å². The molecule has 10 heteroatoms. The van der Waals surface area contributed by atoms with Gasteiger partial charge in [0.1, 0.15) is 0 Å². The molecule has 7 nitrogen and oxygen atoms in total. The summed E-state index contributed by atoms with van der Waals surface area (Å²) in [4.78, 5) is 9.51. The average molecular weight is 459 g/mol. The molecule has 3 saturated carbocycles. The van der Waals surface area contributed by atoms with Crippen LogP contribution in [0.2, 0.25) is 0 Å². The van der Waals surface area contributed by atoms with Crippen molar-refractivity contribution in [2.75, 3.05) is 11.1 Å². The van der Waals surface area contributed by atoms with Crippen molar-refractivity contribution in [1.82, 2.24) is 25.0 Å². The van der Waals surface area contributed by atoms with Crippen molar-refractivity contribution in [2.24, 2.45) is 5.92 Å². The monoisotopic (exact) mass is 458 g/mol. The van der Waals surface area contributed by atoms with E-state index < -0.39 is 11.6 Å². The van der Waals surface area contributed by atoms with Crippen molar-refractivity contribution in [3.63, 3.8) is 0 Å². The summed E-state index contributed by atoms with van der Waals surface area (Å²) < 4.78 is 28.8. The first-order valence-electron chi connectivity index (χ1n) is 11.2. The molecule has 32 heavy (non-hydrogen) atoms. The standard InChI is InChI=1S/C22H24F2N6OS/c23-16-6-3-12(7-17(16)24)15-9-18(15)25-20-19-21(27-22(26-20)32-10-11-1-2-11)30(29-28-19)13-4-5-14(31)8-13/h3,6-7,11,13-15,18,31H,1-2,4-5,8-10H2,(H,25,26,27)/t13-,14+,15-,18+/m0/s1. The van der Waals surface area contributed by atoms with Gasteiger partial charge in [-0.25, -0.2) is 23.4 Å². The van der Waals surface area contributed by atoms with E-state index in [1.807, 2.05) is 4.68 Å². The highest BCUT2D eigenvalue weighted by atomic mass is 32.2. The highest BCUT2D eigenvalue weighted by Crippen LogP contribution is 2.44. The zero-order valence-corrected chi connectivity index (χ0v) is 18.2. The van der Waals surface area contributed by atoms with E-state index in [9.17, 15) is 13.9 Å². The molecule has 4 atom stereocenters. The molecule has 1 aromatic carbocycles. The molecule has 3 aliphatic carbocycles. The van der Waals surface area contributed by atoms with Gasteiger partial charge in [-0.05, 0) is 62.1 Å². The summed E-state index contributed by atoms with van der Waals surface area (Å²) in [5, 5.41) is 22.8. The predicted molar refractivity (Wildman–Crippen MR) is 117 cm³/mol. The number of nitrogens with zero attached hydrogens (tertiary/aromatic N) is 5. The van der Waals surface area contributed by atoms with Crippen LogP contribution in [0.25, 0.3) is 11.2 Å². The van der Waals surface area contributed by atoms with Gasteiger partial charge in [0.25, 0.3) is 0 Å². The van der Waals surface area contributed by atoms with E-state index in [0.29, 0.717) is 28.6 Å². The second kappa shape index (κ2) is 7.91. The van der Waals surface area contributed by atoms with E-state index in [4.69, 9.17) is 9.97 Å². The third kappa shape index (κ3) is 3.94. The number of thioether (sulfide) groups is 1. The minimum absolute atomic E-state index is 0.0673. The molecular weight excluding hydrogens is 434 g/mol. The van der Waals surface area contributed by atoms with E-state index >= 15 is 0 Å². The summed E-state index contributed by atoms with van der Waals surface area (Å²) in [5.41, 5.74) is 2.07. The number of anilines is 1. The highest BCUT2D eigenvalue weighted by Gasteiger charge is 2.40. The number of nitrogens with one attached hydrogen (secondary N) is 1. The van der Waals surface area contributed by atoms with Gasteiger partial charge < -0.3 is 10.4 Å².